The summed E-state index contributed by atoms with van der Waals surface area (Å²) in [5.74, 6) is -0.167. The Balaban J connectivity index is 0.00000163. The number of pyridine rings is 1. The first kappa shape index (κ1) is 22.4. The Bertz CT molecular complexity index is 515. The van der Waals surface area contributed by atoms with Crippen molar-refractivity contribution in [2.24, 2.45) is 0 Å². The zero-order valence-corrected chi connectivity index (χ0v) is 17.0. The van der Waals surface area contributed by atoms with Crippen LogP contribution in [0.2, 0.25) is 0 Å². The van der Waals surface area contributed by atoms with E-state index >= 15 is 0 Å². The van der Waals surface area contributed by atoms with Crippen LogP contribution in [0.1, 0.15) is 56.9 Å². The van der Waals surface area contributed by atoms with E-state index in [0.717, 1.165) is 38.2 Å². The van der Waals surface area contributed by atoms with Gasteiger partial charge in [-0.25, -0.2) is 9.37 Å². The van der Waals surface area contributed by atoms with Gasteiger partial charge in [-0.05, 0) is 44.9 Å². The van der Waals surface area contributed by atoms with Crippen LogP contribution >= 0.6 is 0 Å². The van der Waals surface area contributed by atoms with Gasteiger partial charge in [0.25, 0.3) is 5.91 Å². The van der Waals surface area contributed by atoms with Gasteiger partial charge in [0.1, 0.15) is 11.9 Å². The molecule has 0 aromatic carbocycles. The van der Waals surface area contributed by atoms with Crippen LogP contribution in [0.25, 0.3) is 0 Å². The van der Waals surface area contributed by atoms with E-state index in [9.17, 15) is 9.18 Å². The summed E-state index contributed by atoms with van der Waals surface area (Å²) in [5.41, 5.74) is 1.49. The van der Waals surface area contributed by atoms with E-state index < -0.39 is 6.17 Å². The Hall–Kier alpha value is -1.69. The molecule has 1 amide bonds. The number of piperidine rings is 1. The number of halogens is 1. The Morgan fingerprint density at radius 2 is 2.04 bits per heavy atom. The zero-order chi connectivity index (χ0) is 19.5. The van der Waals surface area contributed by atoms with Crippen LogP contribution in [0.5, 0.6) is 0 Å². The van der Waals surface area contributed by atoms with Gasteiger partial charge in [0.05, 0.1) is 11.9 Å². The van der Waals surface area contributed by atoms with Gasteiger partial charge in [-0.3, -0.25) is 4.79 Å². The highest BCUT2D eigenvalue weighted by atomic mass is 19.1. The van der Waals surface area contributed by atoms with Crippen molar-refractivity contribution < 1.29 is 9.18 Å². The van der Waals surface area contributed by atoms with Crippen LogP contribution in [-0.4, -0.2) is 61.7 Å². The highest BCUT2D eigenvalue weighted by molar-refractivity contribution is 5.92. The number of carbonyl (C=O) groups is 1. The highest BCUT2D eigenvalue weighted by Gasteiger charge is 2.23. The lowest BCUT2D eigenvalue weighted by Gasteiger charge is -2.38. The molecule has 148 valence electrons. The van der Waals surface area contributed by atoms with Gasteiger partial charge in [-0.1, -0.05) is 20.8 Å². The standard InChI is InChI=1S/C18H29FN4O.C2H6/c1-4-14(19)7-10-22(3)15-8-11-23(12-9-15)16-5-6-17(21-13-16)18(24)20-2;1-2/h5-6,13-15H,4,7-12H2,1-3H3,(H,20,24);1-2H3. The first-order valence-electron chi connectivity index (χ1n) is 9.82. The lowest BCUT2D eigenvalue weighted by atomic mass is 10.0. The largest absolute Gasteiger partial charge is 0.370 e. The second kappa shape index (κ2) is 11.8. The summed E-state index contributed by atoms with van der Waals surface area (Å²) in [6.07, 6.45) is 4.44. The van der Waals surface area contributed by atoms with Gasteiger partial charge < -0.3 is 15.1 Å². The number of alkyl halides is 1. The fraction of sp³-hybridized carbons (Fsp3) is 0.700. The van der Waals surface area contributed by atoms with Crippen LogP contribution in [0.15, 0.2) is 18.3 Å². The van der Waals surface area contributed by atoms with Crippen LogP contribution in [-0.2, 0) is 0 Å². The SMILES string of the molecule is CC.CCC(F)CCN(C)C1CCN(c2ccc(C(=O)NC)nc2)CC1. The minimum absolute atomic E-state index is 0.167. The van der Waals surface area contributed by atoms with Crippen LogP contribution in [0, 0.1) is 0 Å². The summed E-state index contributed by atoms with van der Waals surface area (Å²) in [6.45, 7) is 8.64. The minimum Gasteiger partial charge on any atom is -0.370 e. The summed E-state index contributed by atoms with van der Waals surface area (Å²) in [7, 11) is 3.70. The van der Waals surface area contributed by atoms with E-state index in [1.165, 1.54) is 0 Å². The average Bonchev–Trinajstić information content (AvgIpc) is 2.72. The van der Waals surface area contributed by atoms with E-state index in [4.69, 9.17) is 0 Å². The van der Waals surface area contributed by atoms with Gasteiger partial charge in [0.15, 0.2) is 0 Å². The van der Waals surface area contributed by atoms with Gasteiger partial charge in [0, 0.05) is 32.7 Å². The molecular formula is C20H35FN4O. The van der Waals surface area contributed by atoms with Crippen LogP contribution < -0.4 is 10.2 Å². The normalized spacial score (nSPS) is 16.0. The predicted molar refractivity (Wildman–Crippen MR) is 107 cm³/mol. The maximum absolute atomic E-state index is 13.4. The molecule has 1 aliphatic rings. The van der Waals surface area contributed by atoms with E-state index in [1.807, 2.05) is 26.8 Å². The molecule has 26 heavy (non-hydrogen) atoms. The van der Waals surface area contributed by atoms with Crippen LogP contribution in [0.3, 0.4) is 0 Å². The summed E-state index contributed by atoms with van der Waals surface area (Å²) < 4.78 is 13.4. The van der Waals surface area contributed by atoms with Crippen molar-refractivity contribution in [1.29, 1.82) is 0 Å². The second-order valence-electron chi connectivity index (χ2n) is 6.47. The molecule has 0 aliphatic carbocycles. The van der Waals surface area contributed by atoms with Gasteiger partial charge >= 0.3 is 0 Å². The Kier molecular flexibility index (Phi) is 10.2. The number of rotatable bonds is 7. The van der Waals surface area contributed by atoms with E-state index in [-0.39, 0.29) is 5.91 Å². The second-order valence-corrected chi connectivity index (χ2v) is 6.47. The van der Waals surface area contributed by atoms with Crippen molar-refractivity contribution in [1.82, 2.24) is 15.2 Å². The molecule has 0 bridgehead atoms. The van der Waals surface area contributed by atoms with Crippen molar-refractivity contribution in [3.63, 3.8) is 0 Å². The van der Waals surface area contributed by atoms with Crippen molar-refractivity contribution in [3.8, 4) is 0 Å². The number of hydrogen-bond donors (Lipinski definition) is 1. The molecule has 1 fully saturated rings. The quantitative estimate of drug-likeness (QED) is 0.802. The summed E-state index contributed by atoms with van der Waals surface area (Å²) >= 11 is 0. The van der Waals surface area contributed by atoms with Crippen molar-refractivity contribution in [2.75, 3.05) is 38.6 Å². The number of hydrogen-bond acceptors (Lipinski definition) is 4. The summed E-state index contributed by atoms with van der Waals surface area (Å²) in [4.78, 5) is 20.4. The lowest BCUT2D eigenvalue weighted by Crippen LogP contribution is -2.44. The Morgan fingerprint density at radius 3 is 2.54 bits per heavy atom. The number of aromatic nitrogens is 1. The number of anilines is 1. The minimum atomic E-state index is -0.683. The summed E-state index contributed by atoms with van der Waals surface area (Å²) in [5, 5.41) is 2.58. The Labute approximate surface area is 158 Å². The van der Waals surface area contributed by atoms with E-state index in [1.54, 1.807) is 19.3 Å². The molecule has 1 atom stereocenters. The third-order valence-electron chi connectivity index (χ3n) is 4.90. The van der Waals surface area contributed by atoms with Gasteiger partial charge in [0.2, 0.25) is 0 Å². The molecule has 1 aromatic heterocycles. The molecule has 1 unspecified atom stereocenters. The van der Waals surface area contributed by atoms with Gasteiger partial charge in [-0.15, -0.1) is 0 Å². The third kappa shape index (κ3) is 6.56. The molecule has 1 saturated heterocycles. The number of carbonyl (C=O) groups excluding carboxylic acids is 1. The molecule has 0 spiro atoms. The molecule has 2 heterocycles. The molecule has 2 rings (SSSR count). The number of amides is 1. The van der Waals surface area contributed by atoms with Crippen LogP contribution in [0.4, 0.5) is 10.1 Å². The Morgan fingerprint density at radius 1 is 1.38 bits per heavy atom. The van der Waals surface area contributed by atoms with Gasteiger partial charge in [-0.2, -0.15) is 0 Å². The first-order valence-corrected chi connectivity index (χ1v) is 9.82. The average molecular weight is 367 g/mol. The topological polar surface area (TPSA) is 48.5 Å². The highest BCUT2D eigenvalue weighted by Crippen LogP contribution is 2.22. The molecule has 6 heteroatoms. The van der Waals surface area contributed by atoms with Crippen molar-refractivity contribution in [2.45, 2.75) is 58.7 Å². The maximum atomic E-state index is 13.4. The summed E-state index contributed by atoms with van der Waals surface area (Å²) in [6, 6.07) is 4.23. The first-order chi connectivity index (χ1) is 12.5. The predicted octanol–water partition coefficient (Wildman–Crippen LogP) is 3.51. The van der Waals surface area contributed by atoms with E-state index in [0.29, 0.717) is 24.6 Å². The molecule has 0 radical (unpaired) electrons. The van der Waals surface area contributed by atoms with Crippen molar-refractivity contribution >= 4 is 11.6 Å². The number of nitrogens with one attached hydrogen (secondary N) is 1. The molecule has 0 saturated carbocycles. The molecular weight excluding hydrogens is 331 g/mol. The third-order valence-corrected chi connectivity index (χ3v) is 4.90. The number of nitrogens with zero attached hydrogens (tertiary/aromatic N) is 3. The maximum Gasteiger partial charge on any atom is 0.269 e. The monoisotopic (exact) mass is 366 g/mol. The van der Waals surface area contributed by atoms with Crippen molar-refractivity contribution in [3.05, 3.63) is 24.0 Å². The fourth-order valence-corrected chi connectivity index (χ4v) is 3.13. The molecule has 1 N–H and O–H groups in total. The smallest absolute Gasteiger partial charge is 0.269 e. The zero-order valence-electron chi connectivity index (χ0n) is 17.0. The van der Waals surface area contributed by atoms with E-state index in [2.05, 4.69) is 27.1 Å². The fourth-order valence-electron chi connectivity index (χ4n) is 3.13. The molecule has 1 aromatic rings. The molecule has 1 aliphatic heterocycles. The lowest BCUT2D eigenvalue weighted by molar-refractivity contribution is 0.0958. The molecule has 5 nitrogen and oxygen atoms in total.